The Labute approximate surface area is 112 Å². The highest BCUT2D eigenvalue weighted by Crippen LogP contribution is 2.35. The molecule has 0 saturated heterocycles. The Balaban J connectivity index is 1.92. The molecule has 2 aliphatic carbocycles. The molecule has 0 amide bonds. The lowest BCUT2D eigenvalue weighted by atomic mass is 9.73. The topological polar surface area (TPSA) is 29.1 Å². The van der Waals surface area contributed by atoms with Crippen molar-refractivity contribution in [2.75, 3.05) is 7.05 Å². The monoisotopic (exact) mass is 251 g/mol. The third-order valence-electron chi connectivity index (χ3n) is 5.25. The van der Waals surface area contributed by atoms with Crippen molar-refractivity contribution in [3.63, 3.8) is 0 Å². The third kappa shape index (κ3) is 3.34. The van der Waals surface area contributed by atoms with Crippen LogP contribution in [0.5, 0.6) is 0 Å². The van der Waals surface area contributed by atoms with Gasteiger partial charge in [0.1, 0.15) is 5.78 Å². The minimum Gasteiger partial charge on any atom is -0.314 e. The average Bonchev–Trinajstić information content (AvgIpc) is 2.40. The highest BCUT2D eigenvalue weighted by molar-refractivity contribution is 5.82. The molecule has 0 spiro atoms. The second-order valence-corrected chi connectivity index (χ2v) is 6.70. The van der Waals surface area contributed by atoms with E-state index in [9.17, 15) is 4.79 Å². The fourth-order valence-electron chi connectivity index (χ4n) is 3.95. The van der Waals surface area contributed by atoms with Gasteiger partial charge in [-0.15, -0.1) is 0 Å². The zero-order valence-corrected chi connectivity index (χ0v) is 12.1. The van der Waals surface area contributed by atoms with Crippen LogP contribution in [0.1, 0.15) is 71.1 Å². The van der Waals surface area contributed by atoms with Crippen molar-refractivity contribution in [1.82, 2.24) is 5.32 Å². The van der Waals surface area contributed by atoms with Crippen molar-refractivity contribution in [3.05, 3.63) is 0 Å². The van der Waals surface area contributed by atoms with Gasteiger partial charge in [0.2, 0.25) is 0 Å². The number of carbonyl (C=O) groups is 1. The van der Waals surface area contributed by atoms with E-state index < -0.39 is 0 Å². The standard InChI is InChI=1S/C16H29NO/c1-13-7-6-8-14(11-13)15(18)12-16(17-2)9-4-3-5-10-16/h13-14,17H,3-12H2,1-2H3. The maximum absolute atomic E-state index is 12.5. The summed E-state index contributed by atoms with van der Waals surface area (Å²) in [5.74, 6) is 1.66. The molecule has 0 heterocycles. The first-order valence-corrected chi connectivity index (χ1v) is 7.87. The zero-order valence-electron chi connectivity index (χ0n) is 12.1. The summed E-state index contributed by atoms with van der Waals surface area (Å²) in [6, 6.07) is 0. The lowest BCUT2D eigenvalue weighted by Crippen LogP contribution is -2.47. The van der Waals surface area contributed by atoms with Crippen molar-refractivity contribution < 1.29 is 4.79 Å². The molecule has 0 aromatic heterocycles. The lowest BCUT2D eigenvalue weighted by molar-refractivity contribution is -0.126. The SMILES string of the molecule is CNC1(CC(=O)C2CCCC(C)C2)CCCCC1. The van der Waals surface area contributed by atoms with Gasteiger partial charge in [0, 0.05) is 17.9 Å². The first-order valence-electron chi connectivity index (χ1n) is 7.87. The van der Waals surface area contributed by atoms with Crippen molar-refractivity contribution in [2.24, 2.45) is 11.8 Å². The van der Waals surface area contributed by atoms with E-state index in [-0.39, 0.29) is 5.54 Å². The molecule has 2 saturated carbocycles. The number of carbonyl (C=O) groups excluding carboxylic acids is 1. The second-order valence-electron chi connectivity index (χ2n) is 6.70. The number of hydrogen-bond acceptors (Lipinski definition) is 2. The molecular formula is C16H29NO. The van der Waals surface area contributed by atoms with Gasteiger partial charge in [-0.2, -0.15) is 0 Å². The Hall–Kier alpha value is -0.370. The van der Waals surface area contributed by atoms with E-state index in [1.807, 2.05) is 7.05 Å². The van der Waals surface area contributed by atoms with Gasteiger partial charge in [-0.1, -0.05) is 39.0 Å². The Morgan fingerprint density at radius 1 is 1.17 bits per heavy atom. The van der Waals surface area contributed by atoms with Crippen LogP contribution in [-0.2, 0) is 4.79 Å². The largest absolute Gasteiger partial charge is 0.314 e. The second kappa shape index (κ2) is 6.18. The fraction of sp³-hybridized carbons (Fsp3) is 0.938. The van der Waals surface area contributed by atoms with E-state index in [4.69, 9.17) is 0 Å². The number of hydrogen-bond donors (Lipinski definition) is 1. The third-order valence-corrected chi connectivity index (χ3v) is 5.25. The molecule has 0 aliphatic heterocycles. The van der Waals surface area contributed by atoms with Crippen molar-refractivity contribution in [1.29, 1.82) is 0 Å². The van der Waals surface area contributed by atoms with Gasteiger partial charge in [0.15, 0.2) is 0 Å². The Morgan fingerprint density at radius 3 is 2.50 bits per heavy atom. The number of ketones is 1. The molecule has 2 heteroatoms. The first kappa shape index (κ1) is 14.0. The van der Waals surface area contributed by atoms with E-state index in [0.29, 0.717) is 11.7 Å². The van der Waals surface area contributed by atoms with Gasteiger partial charge in [0.25, 0.3) is 0 Å². The minimum absolute atomic E-state index is 0.135. The summed E-state index contributed by atoms with van der Waals surface area (Å²) >= 11 is 0. The molecule has 2 fully saturated rings. The van der Waals surface area contributed by atoms with Gasteiger partial charge >= 0.3 is 0 Å². The molecule has 0 bridgehead atoms. The maximum Gasteiger partial charge on any atom is 0.137 e. The lowest BCUT2D eigenvalue weighted by Gasteiger charge is -2.38. The smallest absolute Gasteiger partial charge is 0.137 e. The summed E-state index contributed by atoms with van der Waals surface area (Å²) in [4.78, 5) is 12.5. The first-order chi connectivity index (χ1) is 8.65. The molecule has 104 valence electrons. The quantitative estimate of drug-likeness (QED) is 0.825. The fourth-order valence-corrected chi connectivity index (χ4v) is 3.95. The molecule has 0 aromatic rings. The van der Waals surface area contributed by atoms with E-state index in [1.165, 1.54) is 44.9 Å². The Kier molecular flexibility index (Phi) is 4.83. The number of nitrogens with one attached hydrogen (secondary N) is 1. The number of rotatable bonds is 4. The normalized spacial score (nSPS) is 32.1. The zero-order chi connectivity index (χ0) is 13.0. The van der Waals surface area contributed by atoms with E-state index in [0.717, 1.165) is 25.2 Å². The van der Waals surface area contributed by atoms with E-state index >= 15 is 0 Å². The molecule has 0 aromatic carbocycles. The molecule has 2 aliphatic rings. The number of Topliss-reactive ketones (excluding diaryl/α,β-unsaturated/α-hetero) is 1. The van der Waals surface area contributed by atoms with Crippen LogP contribution in [0, 0.1) is 11.8 Å². The van der Waals surface area contributed by atoms with Gasteiger partial charge in [0.05, 0.1) is 0 Å². The summed E-state index contributed by atoms with van der Waals surface area (Å²) in [5.41, 5.74) is 0.135. The molecular weight excluding hydrogens is 222 g/mol. The summed E-state index contributed by atoms with van der Waals surface area (Å²) < 4.78 is 0. The Morgan fingerprint density at radius 2 is 1.89 bits per heavy atom. The summed E-state index contributed by atoms with van der Waals surface area (Å²) in [5, 5.41) is 3.48. The average molecular weight is 251 g/mol. The van der Waals surface area contributed by atoms with Crippen molar-refractivity contribution in [2.45, 2.75) is 76.7 Å². The van der Waals surface area contributed by atoms with E-state index in [2.05, 4.69) is 12.2 Å². The van der Waals surface area contributed by atoms with Gasteiger partial charge < -0.3 is 5.32 Å². The Bertz CT molecular complexity index is 281. The molecule has 2 rings (SSSR count). The van der Waals surface area contributed by atoms with Crippen LogP contribution < -0.4 is 5.32 Å². The van der Waals surface area contributed by atoms with Crippen molar-refractivity contribution in [3.8, 4) is 0 Å². The summed E-state index contributed by atoms with van der Waals surface area (Å²) in [6.07, 6.45) is 11.9. The summed E-state index contributed by atoms with van der Waals surface area (Å²) in [7, 11) is 2.04. The predicted molar refractivity (Wildman–Crippen MR) is 75.6 cm³/mol. The molecule has 1 N–H and O–H groups in total. The predicted octanol–water partition coefficient (Wildman–Crippen LogP) is 3.69. The van der Waals surface area contributed by atoms with Crippen molar-refractivity contribution >= 4 is 5.78 Å². The summed E-state index contributed by atoms with van der Waals surface area (Å²) in [6.45, 7) is 2.30. The van der Waals surface area contributed by atoms with Gasteiger partial charge in [-0.05, 0) is 38.6 Å². The minimum atomic E-state index is 0.135. The molecule has 2 unspecified atom stereocenters. The van der Waals surface area contributed by atoms with Gasteiger partial charge in [-0.3, -0.25) is 4.79 Å². The molecule has 0 radical (unpaired) electrons. The van der Waals surface area contributed by atoms with Crippen LogP contribution in [0.25, 0.3) is 0 Å². The highest BCUT2D eigenvalue weighted by Gasteiger charge is 2.35. The van der Waals surface area contributed by atoms with Crippen LogP contribution >= 0.6 is 0 Å². The van der Waals surface area contributed by atoms with Crippen LogP contribution in [0.3, 0.4) is 0 Å². The highest BCUT2D eigenvalue weighted by atomic mass is 16.1. The van der Waals surface area contributed by atoms with Crippen LogP contribution in [0.2, 0.25) is 0 Å². The van der Waals surface area contributed by atoms with Crippen LogP contribution in [0.15, 0.2) is 0 Å². The maximum atomic E-state index is 12.5. The molecule has 18 heavy (non-hydrogen) atoms. The molecule has 2 nitrogen and oxygen atoms in total. The molecule has 2 atom stereocenters. The van der Waals surface area contributed by atoms with E-state index in [1.54, 1.807) is 0 Å². The van der Waals surface area contributed by atoms with Crippen LogP contribution in [-0.4, -0.2) is 18.4 Å². The van der Waals surface area contributed by atoms with Crippen LogP contribution in [0.4, 0.5) is 0 Å². The van der Waals surface area contributed by atoms with Gasteiger partial charge in [-0.25, -0.2) is 0 Å².